The van der Waals surface area contributed by atoms with E-state index in [1.165, 1.54) is 4.90 Å². The van der Waals surface area contributed by atoms with Crippen LogP contribution in [0.4, 0.5) is 0 Å². The van der Waals surface area contributed by atoms with Crippen molar-refractivity contribution in [3.05, 3.63) is 29.8 Å². The molecule has 0 unspecified atom stereocenters. The maximum Gasteiger partial charge on any atom is 0.220 e. The molecule has 2 N–H and O–H groups in total. The smallest absolute Gasteiger partial charge is 0.220 e. The maximum absolute atomic E-state index is 12.3. The van der Waals surface area contributed by atoms with Crippen molar-refractivity contribution < 1.29 is 14.4 Å². The SMILES string of the molecule is CC[C@](C)(CC(=O)NCCC[NH+](C)C)c1ccccc1OC. The Bertz CT molecular complexity index is 474. The van der Waals surface area contributed by atoms with Crippen molar-refractivity contribution in [2.75, 3.05) is 34.3 Å². The van der Waals surface area contributed by atoms with Gasteiger partial charge in [-0.15, -0.1) is 0 Å². The second kappa shape index (κ2) is 8.79. The lowest BCUT2D eigenvalue weighted by Crippen LogP contribution is -3.05. The number of amides is 1. The van der Waals surface area contributed by atoms with E-state index in [0.717, 1.165) is 37.2 Å². The summed E-state index contributed by atoms with van der Waals surface area (Å²) in [6.07, 6.45) is 2.38. The number of para-hydroxylation sites is 1. The summed E-state index contributed by atoms with van der Waals surface area (Å²) < 4.78 is 5.47. The molecule has 0 aliphatic heterocycles. The van der Waals surface area contributed by atoms with Gasteiger partial charge in [-0.05, 0) is 12.5 Å². The number of quaternary nitrogens is 1. The van der Waals surface area contributed by atoms with Gasteiger partial charge in [-0.1, -0.05) is 32.0 Å². The summed E-state index contributed by atoms with van der Waals surface area (Å²) in [6, 6.07) is 7.98. The molecule has 0 bridgehead atoms. The van der Waals surface area contributed by atoms with E-state index in [-0.39, 0.29) is 11.3 Å². The number of benzene rings is 1. The average molecular weight is 307 g/mol. The van der Waals surface area contributed by atoms with Crippen LogP contribution in [0.25, 0.3) is 0 Å². The first-order valence-corrected chi connectivity index (χ1v) is 8.12. The molecule has 0 aliphatic carbocycles. The molecule has 1 rings (SSSR count). The fourth-order valence-corrected chi connectivity index (χ4v) is 2.64. The molecule has 1 aromatic carbocycles. The number of carbonyl (C=O) groups excluding carboxylic acids is 1. The molecule has 1 amide bonds. The summed E-state index contributed by atoms with van der Waals surface area (Å²) in [5, 5.41) is 3.04. The Hall–Kier alpha value is -1.55. The predicted molar refractivity (Wildman–Crippen MR) is 90.6 cm³/mol. The van der Waals surface area contributed by atoms with E-state index >= 15 is 0 Å². The molecule has 0 saturated carbocycles. The number of ether oxygens (including phenoxy) is 1. The molecular weight excluding hydrogens is 276 g/mol. The highest BCUT2D eigenvalue weighted by Crippen LogP contribution is 2.37. The van der Waals surface area contributed by atoms with Crippen LogP contribution >= 0.6 is 0 Å². The van der Waals surface area contributed by atoms with Crippen molar-refractivity contribution in [1.29, 1.82) is 0 Å². The summed E-state index contributed by atoms with van der Waals surface area (Å²) >= 11 is 0. The summed E-state index contributed by atoms with van der Waals surface area (Å²) in [5.41, 5.74) is 0.900. The lowest BCUT2D eigenvalue weighted by Gasteiger charge is -2.29. The molecule has 0 radical (unpaired) electrons. The van der Waals surface area contributed by atoms with Crippen molar-refractivity contribution in [3.8, 4) is 5.75 Å². The van der Waals surface area contributed by atoms with Crippen LogP contribution in [0, 0.1) is 0 Å². The largest absolute Gasteiger partial charge is 0.496 e. The van der Waals surface area contributed by atoms with Gasteiger partial charge in [0.1, 0.15) is 5.75 Å². The van der Waals surface area contributed by atoms with Crippen LogP contribution in [0.1, 0.15) is 38.7 Å². The molecule has 0 aromatic heterocycles. The monoisotopic (exact) mass is 307 g/mol. The van der Waals surface area contributed by atoms with Crippen LogP contribution in [-0.4, -0.2) is 40.2 Å². The standard InChI is InChI=1S/C18H30N2O2/c1-6-18(2,15-10-7-8-11-16(15)22-5)14-17(21)19-12-9-13-20(3)4/h7-8,10-11H,6,9,12-14H2,1-5H3,(H,19,21)/p+1/t18-/m1/s1. The van der Waals surface area contributed by atoms with Crippen molar-refractivity contribution in [2.45, 2.75) is 38.5 Å². The van der Waals surface area contributed by atoms with Crippen LogP contribution in [0.15, 0.2) is 24.3 Å². The molecule has 4 nitrogen and oxygen atoms in total. The number of carbonyl (C=O) groups is 1. The van der Waals surface area contributed by atoms with E-state index in [2.05, 4.69) is 39.3 Å². The zero-order valence-corrected chi connectivity index (χ0v) is 14.7. The van der Waals surface area contributed by atoms with Gasteiger partial charge in [-0.2, -0.15) is 0 Å². The van der Waals surface area contributed by atoms with Gasteiger partial charge in [0.25, 0.3) is 0 Å². The average Bonchev–Trinajstić information content (AvgIpc) is 2.51. The van der Waals surface area contributed by atoms with Gasteiger partial charge in [-0.3, -0.25) is 4.79 Å². The Morgan fingerprint density at radius 2 is 2.00 bits per heavy atom. The number of rotatable bonds is 9. The molecule has 0 saturated heterocycles. The number of hydrogen-bond donors (Lipinski definition) is 2. The quantitative estimate of drug-likeness (QED) is 0.677. The highest BCUT2D eigenvalue weighted by Gasteiger charge is 2.30. The van der Waals surface area contributed by atoms with Crippen molar-refractivity contribution in [3.63, 3.8) is 0 Å². The number of hydrogen-bond acceptors (Lipinski definition) is 2. The molecule has 0 spiro atoms. The Labute approximate surface area is 134 Å². The minimum atomic E-state index is -0.205. The highest BCUT2D eigenvalue weighted by atomic mass is 16.5. The van der Waals surface area contributed by atoms with Crippen LogP contribution in [0.5, 0.6) is 5.75 Å². The van der Waals surface area contributed by atoms with Gasteiger partial charge in [-0.25, -0.2) is 0 Å². The third-order valence-electron chi connectivity index (χ3n) is 4.26. The number of methoxy groups -OCH3 is 1. The zero-order chi connectivity index (χ0) is 16.6. The van der Waals surface area contributed by atoms with Crippen LogP contribution in [-0.2, 0) is 10.2 Å². The molecule has 22 heavy (non-hydrogen) atoms. The molecule has 4 heteroatoms. The van der Waals surface area contributed by atoms with Gasteiger partial charge in [0.15, 0.2) is 0 Å². The third kappa shape index (κ3) is 5.34. The highest BCUT2D eigenvalue weighted by molar-refractivity contribution is 5.77. The van der Waals surface area contributed by atoms with Gasteiger partial charge in [0, 0.05) is 30.4 Å². The van der Waals surface area contributed by atoms with E-state index in [9.17, 15) is 4.79 Å². The van der Waals surface area contributed by atoms with E-state index in [4.69, 9.17) is 4.74 Å². The van der Waals surface area contributed by atoms with Gasteiger partial charge >= 0.3 is 0 Å². The second-order valence-electron chi connectivity index (χ2n) is 6.45. The van der Waals surface area contributed by atoms with Crippen molar-refractivity contribution >= 4 is 5.91 Å². The zero-order valence-electron chi connectivity index (χ0n) is 14.7. The fraction of sp³-hybridized carbons (Fsp3) is 0.611. The first kappa shape index (κ1) is 18.5. The lowest BCUT2D eigenvalue weighted by molar-refractivity contribution is -0.858. The maximum atomic E-state index is 12.3. The van der Waals surface area contributed by atoms with E-state index in [1.54, 1.807) is 7.11 Å². The number of nitrogens with one attached hydrogen (secondary N) is 2. The van der Waals surface area contributed by atoms with Crippen LogP contribution in [0.2, 0.25) is 0 Å². The second-order valence-corrected chi connectivity index (χ2v) is 6.45. The summed E-state index contributed by atoms with van der Waals surface area (Å²) in [7, 11) is 5.92. The van der Waals surface area contributed by atoms with Gasteiger partial charge in [0.2, 0.25) is 5.91 Å². The summed E-state index contributed by atoms with van der Waals surface area (Å²) in [6.45, 7) is 6.07. The fourth-order valence-electron chi connectivity index (χ4n) is 2.64. The molecule has 1 atom stereocenters. The van der Waals surface area contributed by atoms with Crippen molar-refractivity contribution in [1.82, 2.24) is 5.32 Å². The molecule has 0 heterocycles. The molecule has 0 aliphatic rings. The normalized spacial score (nSPS) is 13.7. The Kier molecular flexibility index (Phi) is 7.39. The Morgan fingerprint density at radius 1 is 1.32 bits per heavy atom. The Balaban J connectivity index is 2.68. The molecule has 124 valence electrons. The van der Waals surface area contributed by atoms with Crippen LogP contribution in [0.3, 0.4) is 0 Å². The summed E-state index contributed by atoms with van der Waals surface area (Å²) in [5.74, 6) is 0.972. The lowest BCUT2D eigenvalue weighted by atomic mass is 9.76. The van der Waals surface area contributed by atoms with Crippen molar-refractivity contribution in [2.24, 2.45) is 0 Å². The minimum Gasteiger partial charge on any atom is -0.496 e. The predicted octanol–water partition coefficient (Wildman–Crippen LogP) is 1.40. The van der Waals surface area contributed by atoms with E-state index in [0.29, 0.717) is 6.42 Å². The topological polar surface area (TPSA) is 42.8 Å². The third-order valence-corrected chi connectivity index (χ3v) is 4.26. The minimum absolute atomic E-state index is 0.115. The van der Waals surface area contributed by atoms with Crippen LogP contribution < -0.4 is 15.0 Å². The van der Waals surface area contributed by atoms with Gasteiger partial charge in [0.05, 0.1) is 27.7 Å². The first-order chi connectivity index (χ1) is 10.4. The van der Waals surface area contributed by atoms with E-state index < -0.39 is 0 Å². The Morgan fingerprint density at radius 3 is 2.59 bits per heavy atom. The molecule has 0 fully saturated rings. The molecular formula is C18H31N2O2+. The van der Waals surface area contributed by atoms with Gasteiger partial charge < -0.3 is 15.0 Å². The first-order valence-electron chi connectivity index (χ1n) is 8.12. The molecule has 1 aromatic rings. The summed E-state index contributed by atoms with van der Waals surface area (Å²) in [4.78, 5) is 13.7. The van der Waals surface area contributed by atoms with E-state index in [1.807, 2.05) is 18.2 Å².